The number of carboxylic acids is 1. The van der Waals surface area contributed by atoms with Gasteiger partial charge in [-0.1, -0.05) is 42.0 Å². The van der Waals surface area contributed by atoms with Gasteiger partial charge in [-0.05, 0) is 74.5 Å². The molecule has 0 saturated heterocycles. The van der Waals surface area contributed by atoms with Gasteiger partial charge in [-0.2, -0.15) is 0 Å². The van der Waals surface area contributed by atoms with Crippen LogP contribution in [0.4, 0.5) is 0 Å². The number of allylic oxidation sites excluding steroid dienone is 1. The third kappa shape index (κ3) is 4.77. The number of aromatic carboxylic acids is 1. The summed E-state index contributed by atoms with van der Waals surface area (Å²) in [4.78, 5) is 13.7. The second-order valence-corrected chi connectivity index (χ2v) is 7.66. The van der Waals surface area contributed by atoms with Crippen molar-refractivity contribution >= 4 is 12.0 Å². The third-order valence-electron chi connectivity index (χ3n) is 5.34. The van der Waals surface area contributed by atoms with E-state index in [4.69, 9.17) is 0 Å². The van der Waals surface area contributed by atoms with Crippen LogP contribution >= 0.6 is 0 Å². The van der Waals surface area contributed by atoms with Crippen LogP contribution in [0.25, 0.3) is 6.08 Å². The summed E-state index contributed by atoms with van der Waals surface area (Å²) in [5.41, 5.74) is 3.53. The van der Waals surface area contributed by atoms with Crippen molar-refractivity contribution < 1.29 is 15.0 Å². The molecule has 2 aromatic rings. The van der Waals surface area contributed by atoms with E-state index in [1.165, 1.54) is 5.57 Å². The number of hydrogen-bond donors (Lipinski definition) is 2. The predicted octanol–water partition coefficient (Wildman–Crippen LogP) is 4.62. The highest BCUT2D eigenvalue weighted by Gasteiger charge is 2.29. The first kappa shape index (κ1) is 19.2. The van der Waals surface area contributed by atoms with Crippen LogP contribution in [-0.4, -0.2) is 41.7 Å². The Labute approximate surface area is 160 Å². The van der Waals surface area contributed by atoms with Crippen LogP contribution in [0.2, 0.25) is 0 Å². The van der Waals surface area contributed by atoms with Crippen LogP contribution in [0.15, 0.2) is 54.1 Å². The summed E-state index contributed by atoms with van der Waals surface area (Å²) < 4.78 is 0. The number of carbonyl (C=O) groups is 1. The fourth-order valence-electron chi connectivity index (χ4n) is 4.12. The van der Waals surface area contributed by atoms with Crippen LogP contribution in [-0.2, 0) is 0 Å². The first-order valence-electron chi connectivity index (χ1n) is 9.39. The van der Waals surface area contributed by atoms with Crippen LogP contribution in [0.3, 0.4) is 0 Å². The standard InChI is InChI=1S/C23H27NO3/c1-24(2)15-19-11-10-16(12-17-6-3-4-9-21(17)23(26)27)13-22(19)18-7-5-8-20(25)14-18/h3-9,12,14,19,22,25H,10-11,13,15H2,1-2H3,(H,26,27)/t19-,22-/m1/s1. The highest BCUT2D eigenvalue weighted by Crippen LogP contribution is 2.42. The number of rotatable bonds is 5. The number of hydrogen-bond acceptors (Lipinski definition) is 3. The summed E-state index contributed by atoms with van der Waals surface area (Å²) in [5.74, 6) is 0.224. The van der Waals surface area contributed by atoms with Gasteiger partial charge in [0.25, 0.3) is 0 Å². The third-order valence-corrected chi connectivity index (χ3v) is 5.34. The molecule has 0 heterocycles. The minimum Gasteiger partial charge on any atom is -0.508 e. The van der Waals surface area contributed by atoms with E-state index in [1.54, 1.807) is 18.2 Å². The number of phenolic OH excluding ortho intramolecular Hbond substituents is 1. The first-order valence-corrected chi connectivity index (χ1v) is 9.39. The topological polar surface area (TPSA) is 60.8 Å². The van der Waals surface area contributed by atoms with Gasteiger partial charge < -0.3 is 15.1 Å². The largest absolute Gasteiger partial charge is 0.508 e. The molecule has 0 unspecified atom stereocenters. The van der Waals surface area contributed by atoms with Crippen molar-refractivity contribution in [3.05, 3.63) is 70.8 Å². The molecule has 0 spiro atoms. The van der Waals surface area contributed by atoms with Crippen LogP contribution < -0.4 is 0 Å². The summed E-state index contributed by atoms with van der Waals surface area (Å²) in [6.07, 6.45) is 4.96. The molecule has 0 bridgehead atoms. The number of nitrogens with zero attached hydrogens (tertiary/aromatic N) is 1. The summed E-state index contributed by atoms with van der Waals surface area (Å²) in [6, 6.07) is 14.7. The SMILES string of the molecule is CN(C)C[C@H]1CCC(=Cc2ccccc2C(=O)O)C[C@@H]1c1cccc(O)c1. The number of benzene rings is 2. The molecule has 0 radical (unpaired) electrons. The minimum atomic E-state index is -0.895. The molecule has 2 aromatic carbocycles. The second kappa shape index (κ2) is 8.40. The lowest BCUT2D eigenvalue weighted by Crippen LogP contribution is -2.29. The maximum atomic E-state index is 11.5. The zero-order valence-corrected chi connectivity index (χ0v) is 15.9. The lowest BCUT2D eigenvalue weighted by atomic mass is 9.73. The number of phenols is 1. The highest BCUT2D eigenvalue weighted by atomic mass is 16.4. The Morgan fingerprint density at radius 3 is 2.67 bits per heavy atom. The van der Waals surface area contributed by atoms with Crippen LogP contribution in [0.5, 0.6) is 5.75 Å². The van der Waals surface area contributed by atoms with E-state index in [0.29, 0.717) is 23.1 Å². The summed E-state index contributed by atoms with van der Waals surface area (Å²) >= 11 is 0. The lowest BCUT2D eigenvalue weighted by molar-refractivity contribution is 0.0696. The van der Waals surface area contributed by atoms with Crippen LogP contribution in [0, 0.1) is 5.92 Å². The van der Waals surface area contributed by atoms with Crippen molar-refractivity contribution in [2.45, 2.75) is 25.2 Å². The smallest absolute Gasteiger partial charge is 0.336 e. The van der Waals surface area contributed by atoms with Crippen molar-refractivity contribution in [1.29, 1.82) is 0 Å². The van der Waals surface area contributed by atoms with Gasteiger partial charge in [0.1, 0.15) is 5.75 Å². The molecular weight excluding hydrogens is 338 g/mol. The molecule has 1 saturated carbocycles. The minimum absolute atomic E-state index is 0.295. The van der Waals surface area contributed by atoms with E-state index in [-0.39, 0.29) is 0 Å². The zero-order valence-electron chi connectivity index (χ0n) is 15.9. The summed E-state index contributed by atoms with van der Waals surface area (Å²) in [5, 5.41) is 19.4. The fraction of sp³-hybridized carbons (Fsp3) is 0.348. The Balaban J connectivity index is 1.91. The lowest BCUT2D eigenvalue weighted by Gasteiger charge is -2.35. The number of carboxylic acid groups (broad SMARTS) is 1. The molecule has 1 fully saturated rings. The van der Waals surface area contributed by atoms with E-state index < -0.39 is 5.97 Å². The molecule has 2 atom stereocenters. The molecule has 4 heteroatoms. The molecule has 27 heavy (non-hydrogen) atoms. The van der Waals surface area contributed by atoms with Crippen molar-refractivity contribution in [2.75, 3.05) is 20.6 Å². The molecular formula is C23H27NO3. The molecule has 3 rings (SSSR count). The normalized spacial score (nSPS) is 21.5. The van der Waals surface area contributed by atoms with E-state index in [9.17, 15) is 15.0 Å². The number of aromatic hydroxyl groups is 1. The monoisotopic (exact) mass is 365 g/mol. The van der Waals surface area contributed by atoms with Gasteiger partial charge >= 0.3 is 5.97 Å². The maximum absolute atomic E-state index is 11.5. The molecule has 2 N–H and O–H groups in total. The van der Waals surface area contributed by atoms with E-state index in [2.05, 4.69) is 25.1 Å². The molecule has 1 aliphatic rings. The molecule has 0 aromatic heterocycles. The van der Waals surface area contributed by atoms with Crippen molar-refractivity contribution in [2.24, 2.45) is 5.92 Å². The van der Waals surface area contributed by atoms with E-state index >= 15 is 0 Å². The Kier molecular flexibility index (Phi) is 5.97. The Bertz CT molecular complexity index is 841. The average molecular weight is 365 g/mol. The van der Waals surface area contributed by atoms with Crippen molar-refractivity contribution in [1.82, 2.24) is 4.90 Å². The van der Waals surface area contributed by atoms with Gasteiger partial charge in [0, 0.05) is 6.54 Å². The highest BCUT2D eigenvalue weighted by molar-refractivity contribution is 5.92. The van der Waals surface area contributed by atoms with Gasteiger partial charge in [0.15, 0.2) is 0 Å². The van der Waals surface area contributed by atoms with Crippen LogP contribution in [0.1, 0.15) is 46.7 Å². The van der Waals surface area contributed by atoms with Crippen molar-refractivity contribution in [3.8, 4) is 5.75 Å². The molecule has 0 amide bonds. The quantitative estimate of drug-likeness (QED) is 0.812. The molecule has 1 aliphatic carbocycles. The maximum Gasteiger partial charge on any atom is 0.336 e. The van der Waals surface area contributed by atoms with Gasteiger partial charge in [-0.3, -0.25) is 0 Å². The summed E-state index contributed by atoms with van der Waals surface area (Å²) in [7, 11) is 4.18. The first-order chi connectivity index (χ1) is 12.9. The average Bonchev–Trinajstić information content (AvgIpc) is 2.63. The summed E-state index contributed by atoms with van der Waals surface area (Å²) in [6.45, 7) is 0.999. The molecule has 0 aliphatic heterocycles. The predicted molar refractivity (Wildman–Crippen MR) is 108 cm³/mol. The van der Waals surface area contributed by atoms with E-state index in [0.717, 1.165) is 36.9 Å². The van der Waals surface area contributed by atoms with Gasteiger partial charge in [-0.25, -0.2) is 4.79 Å². The zero-order chi connectivity index (χ0) is 19.4. The van der Waals surface area contributed by atoms with Gasteiger partial charge in [-0.15, -0.1) is 0 Å². The Morgan fingerprint density at radius 1 is 1.19 bits per heavy atom. The molecule has 4 nitrogen and oxygen atoms in total. The van der Waals surface area contributed by atoms with Gasteiger partial charge in [0.2, 0.25) is 0 Å². The Morgan fingerprint density at radius 2 is 1.96 bits per heavy atom. The van der Waals surface area contributed by atoms with E-state index in [1.807, 2.05) is 30.3 Å². The van der Waals surface area contributed by atoms with Gasteiger partial charge in [0.05, 0.1) is 5.56 Å². The second-order valence-electron chi connectivity index (χ2n) is 7.66. The fourth-order valence-corrected chi connectivity index (χ4v) is 4.12. The van der Waals surface area contributed by atoms with Crippen molar-refractivity contribution in [3.63, 3.8) is 0 Å². The Hall–Kier alpha value is -2.59. The molecule has 142 valence electrons.